The minimum atomic E-state index is -0.311. The predicted octanol–water partition coefficient (Wildman–Crippen LogP) is 1.05. The number of carbonyl (C=O) groups is 1. The minimum Gasteiger partial charge on any atom is -0.469 e. The third-order valence-electron chi connectivity index (χ3n) is 1.53. The Morgan fingerprint density at radius 3 is 2.50 bits per heavy atom. The van der Waals surface area contributed by atoms with Crippen molar-refractivity contribution >= 4 is 31.2 Å². The average Bonchev–Trinajstić information content (AvgIpc) is 2.18. The first-order chi connectivity index (χ1) is 6.63. The Labute approximate surface area is 92.9 Å². The van der Waals surface area contributed by atoms with Crippen LogP contribution in [0.3, 0.4) is 0 Å². The summed E-state index contributed by atoms with van der Waals surface area (Å²) in [6.07, 6.45) is 3.32. The number of methoxy groups -OCH3 is 1. The van der Waals surface area contributed by atoms with E-state index >= 15 is 0 Å². The molecule has 0 fully saturated rings. The van der Waals surface area contributed by atoms with Gasteiger partial charge in [-0.25, -0.2) is 9.97 Å². The molecule has 1 aromatic heterocycles. The summed E-state index contributed by atoms with van der Waals surface area (Å²) in [6, 6.07) is 0. The second-order valence-corrected chi connectivity index (χ2v) is 4.02. The van der Waals surface area contributed by atoms with Crippen molar-refractivity contribution in [1.29, 1.82) is 0 Å². The van der Waals surface area contributed by atoms with Gasteiger partial charge in [0.05, 0.1) is 13.5 Å². The van der Waals surface area contributed by atoms with Crippen LogP contribution in [0, 0.1) is 0 Å². The fourth-order valence-corrected chi connectivity index (χ4v) is 1.09. The van der Waals surface area contributed by atoms with Crippen molar-refractivity contribution < 1.29 is 9.53 Å². The zero-order valence-corrected chi connectivity index (χ0v) is 9.33. The number of carbonyl (C=O) groups excluding carboxylic acids is 1. The van der Waals surface area contributed by atoms with Gasteiger partial charge in [0.25, 0.3) is 0 Å². The maximum Gasteiger partial charge on any atom is 0.310 e. The van der Waals surface area contributed by atoms with Crippen molar-refractivity contribution in [2.75, 3.05) is 7.11 Å². The molecule has 0 aliphatic heterocycles. The zero-order chi connectivity index (χ0) is 10.6. The summed E-state index contributed by atoms with van der Waals surface area (Å²) < 4.78 is 4.20. The second-order valence-electron chi connectivity index (χ2n) is 2.58. The lowest BCUT2D eigenvalue weighted by Crippen LogP contribution is -2.06. The van der Waals surface area contributed by atoms with Crippen molar-refractivity contribution in [3.05, 3.63) is 23.8 Å². The molecule has 0 atom stereocenters. The largest absolute Gasteiger partial charge is 0.469 e. The smallest absolute Gasteiger partial charge is 0.310 e. The fraction of sp³-hybridized carbons (Fsp3) is 0.375. The van der Waals surface area contributed by atoms with Gasteiger partial charge in [0.15, 0.2) is 5.82 Å². The zero-order valence-electron chi connectivity index (χ0n) is 7.54. The van der Waals surface area contributed by atoms with Crippen molar-refractivity contribution in [3.63, 3.8) is 0 Å². The first-order valence-corrected chi connectivity index (χ1v) is 4.90. The molecule has 0 spiro atoms. The molecular weight excluding hydrogens is 220 g/mol. The molecular formula is C8H10N2O2S2. The number of aromatic nitrogens is 2. The Bertz CT molecular complexity index is 314. The van der Waals surface area contributed by atoms with Crippen LogP contribution in [0.2, 0.25) is 0 Å². The molecule has 0 saturated carbocycles. The summed E-state index contributed by atoms with van der Waals surface area (Å²) in [5, 5.41) is 0. The second kappa shape index (κ2) is 5.21. The molecule has 0 N–H and O–H groups in total. The average molecular weight is 230 g/mol. The molecule has 0 unspecified atom stereocenters. The van der Waals surface area contributed by atoms with Crippen molar-refractivity contribution in [2.45, 2.75) is 11.0 Å². The van der Waals surface area contributed by atoms with Crippen molar-refractivity contribution in [3.8, 4) is 0 Å². The van der Waals surface area contributed by atoms with Gasteiger partial charge in [-0.15, -0.1) is 0 Å². The van der Waals surface area contributed by atoms with Gasteiger partial charge in [-0.3, -0.25) is 4.79 Å². The van der Waals surface area contributed by atoms with E-state index in [1.165, 1.54) is 7.11 Å². The number of rotatable bonds is 3. The van der Waals surface area contributed by atoms with Gasteiger partial charge in [-0.05, 0) is 5.56 Å². The highest BCUT2D eigenvalue weighted by atomic mass is 32.2. The Hall–Kier alpha value is -0.750. The van der Waals surface area contributed by atoms with Crippen LogP contribution in [0.15, 0.2) is 12.4 Å². The normalized spacial score (nSPS) is 10.3. The van der Waals surface area contributed by atoms with Gasteiger partial charge in [-0.2, -0.15) is 25.3 Å². The molecule has 0 saturated heterocycles. The van der Waals surface area contributed by atoms with E-state index in [0.29, 0.717) is 11.4 Å². The SMILES string of the molecule is COC(=O)Cc1cnc(C(S)S)nc1. The summed E-state index contributed by atoms with van der Waals surface area (Å²) in [7, 11) is 1.34. The number of hydrogen-bond acceptors (Lipinski definition) is 6. The highest BCUT2D eigenvalue weighted by Gasteiger charge is 2.06. The lowest BCUT2D eigenvalue weighted by Gasteiger charge is -2.02. The van der Waals surface area contributed by atoms with Crippen LogP contribution < -0.4 is 0 Å². The molecule has 1 rings (SSSR count). The van der Waals surface area contributed by atoms with Crippen LogP contribution in [-0.4, -0.2) is 23.0 Å². The van der Waals surface area contributed by atoms with Crippen LogP contribution >= 0.6 is 25.3 Å². The molecule has 0 aromatic carbocycles. The van der Waals surface area contributed by atoms with Gasteiger partial charge in [0.1, 0.15) is 4.58 Å². The van der Waals surface area contributed by atoms with Crippen LogP contribution in [0.25, 0.3) is 0 Å². The van der Waals surface area contributed by atoms with Crippen LogP contribution in [0.4, 0.5) is 0 Å². The Balaban J connectivity index is 2.69. The van der Waals surface area contributed by atoms with Gasteiger partial charge in [-0.1, -0.05) is 0 Å². The number of ether oxygens (including phenoxy) is 1. The van der Waals surface area contributed by atoms with Gasteiger partial charge in [0.2, 0.25) is 0 Å². The third-order valence-corrected chi connectivity index (χ3v) is 1.99. The molecule has 76 valence electrons. The number of esters is 1. The molecule has 0 radical (unpaired) electrons. The Morgan fingerprint density at radius 2 is 2.07 bits per heavy atom. The van der Waals surface area contributed by atoms with E-state index in [2.05, 4.69) is 40.0 Å². The van der Waals surface area contributed by atoms with E-state index in [9.17, 15) is 4.79 Å². The number of nitrogens with zero attached hydrogens (tertiary/aromatic N) is 2. The van der Waals surface area contributed by atoms with Crippen molar-refractivity contribution in [2.24, 2.45) is 0 Å². The quantitative estimate of drug-likeness (QED) is 0.463. The highest BCUT2D eigenvalue weighted by Crippen LogP contribution is 2.18. The summed E-state index contributed by atoms with van der Waals surface area (Å²) in [6.45, 7) is 0. The first kappa shape index (κ1) is 11.3. The number of hydrogen-bond donors (Lipinski definition) is 2. The van der Waals surface area contributed by atoms with E-state index in [4.69, 9.17) is 0 Å². The maximum absolute atomic E-state index is 10.9. The monoisotopic (exact) mass is 230 g/mol. The van der Waals surface area contributed by atoms with Gasteiger partial charge >= 0.3 is 5.97 Å². The van der Waals surface area contributed by atoms with Gasteiger partial charge < -0.3 is 4.74 Å². The first-order valence-electron chi connectivity index (χ1n) is 3.87. The third kappa shape index (κ3) is 3.19. The predicted molar refractivity (Wildman–Crippen MR) is 58.5 cm³/mol. The summed E-state index contributed by atoms with van der Waals surface area (Å²) in [5.41, 5.74) is 0.711. The molecule has 6 heteroatoms. The van der Waals surface area contributed by atoms with E-state index in [-0.39, 0.29) is 17.0 Å². The molecule has 14 heavy (non-hydrogen) atoms. The molecule has 0 amide bonds. The van der Waals surface area contributed by atoms with Crippen molar-refractivity contribution in [1.82, 2.24) is 9.97 Å². The molecule has 4 nitrogen and oxygen atoms in total. The lowest BCUT2D eigenvalue weighted by molar-refractivity contribution is -0.139. The lowest BCUT2D eigenvalue weighted by atomic mass is 10.2. The van der Waals surface area contributed by atoms with E-state index < -0.39 is 0 Å². The molecule has 0 aliphatic carbocycles. The van der Waals surface area contributed by atoms with Crippen LogP contribution in [0.1, 0.15) is 16.0 Å². The standard InChI is InChI=1S/C8H10N2O2S2/c1-12-6(11)2-5-3-9-7(8(13)14)10-4-5/h3-4,8,13-14H,2H2,1H3. The van der Waals surface area contributed by atoms with E-state index in [1.807, 2.05) is 0 Å². The Morgan fingerprint density at radius 1 is 1.50 bits per heavy atom. The maximum atomic E-state index is 10.9. The summed E-state index contributed by atoms with van der Waals surface area (Å²) >= 11 is 8.12. The molecule has 0 bridgehead atoms. The highest BCUT2D eigenvalue weighted by molar-refractivity contribution is 7.98. The number of thiol groups is 2. The molecule has 0 aliphatic rings. The van der Waals surface area contributed by atoms with Crippen LogP contribution in [0.5, 0.6) is 0 Å². The fourth-order valence-electron chi connectivity index (χ4n) is 0.828. The topological polar surface area (TPSA) is 52.1 Å². The summed E-state index contributed by atoms with van der Waals surface area (Å²) in [4.78, 5) is 18.9. The Kier molecular flexibility index (Phi) is 4.21. The van der Waals surface area contributed by atoms with E-state index in [1.54, 1.807) is 12.4 Å². The minimum absolute atomic E-state index is 0.181. The van der Waals surface area contributed by atoms with Crippen LogP contribution in [-0.2, 0) is 16.0 Å². The molecule has 1 heterocycles. The van der Waals surface area contributed by atoms with E-state index in [0.717, 1.165) is 0 Å². The summed E-state index contributed by atoms with van der Waals surface area (Å²) in [5.74, 6) is 0.208. The molecule has 1 aromatic rings. The van der Waals surface area contributed by atoms with Gasteiger partial charge in [0, 0.05) is 12.4 Å².